The molecule has 29 heavy (non-hydrogen) atoms. The Balaban J connectivity index is 1.64. The van der Waals surface area contributed by atoms with Crippen molar-refractivity contribution in [3.63, 3.8) is 0 Å². The van der Waals surface area contributed by atoms with Crippen molar-refractivity contribution in [1.82, 2.24) is 4.98 Å². The van der Waals surface area contributed by atoms with Crippen molar-refractivity contribution in [3.8, 4) is 10.6 Å². The summed E-state index contributed by atoms with van der Waals surface area (Å²) in [6, 6.07) is 21.9. The van der Waals surface area contributed by atoms with E-state index in [1.807, 2.05) is 66.4 Å². The van der Waals surface area contributed by atoms with E-state index >= 15 is 0 Å². The van der Waals surface area contributed by atoms with Gasteiger partial charge in [-0.2, -0.15) is 0 Å². The minimum absolute atomic E-state index is 0.0225. The van der Waals surface area contributed by atoms with E-state index in [4.69, 9.17) is 0 Å². The number of amides is 1. The van der Waals surface area contributed by atoms with Crippen LogP contribution in [-0.4, -0.2) is 17.9 Å². The molecule has 2 aromatic carbocycles. The number of aryl methyl sites for hydroxylation is 1. The van der Waals surface area contributed by atoms with Crippen LogP contribution in [0.3, 0.4) is 0 Å². The maximum atomic E-state index is 13.5. The fraction of sp³-hybridized carbons (Fsp3) is 0.130. The molecule has 5 rings (SSSR count). The van der Waals surface area contributed by atoms with Gasteiger partial charge >= 0.3 is 0 Å². The van der Waals surface area contributed by atoms with Crippen molar-refractivity contribution in [3.05, 3.63) is 87.6 Å². The molecule has 144 valence electrons. The average Bonchev–Trinajstić information content (AvgIpc) is 3.40. The number of fused-ring (bicyclic) bond motifs is 1. The number of benzene rings is 2. The molecule has 1 aliphatic heterocycles. The first kappa shape index (κ1) is 18.1. The van der Waals surface area contributed by atoms with E-state index in [1.54, 1.807) is 22.7 Å². The van der Waals surface area contributed by atoms with Crippen LogP contribution in [0.5, 0.6) is 0 Å². The summed E-state index contributed by atoms with van der Waals surface area (Å²) in [6.45, 7) is 2.02. The lowest BCUT2D eigenvalue weighted by atomic mass is 10.0. The third-order valence-electron chi connectivity index (χ3n) is 5.13. The van der Waals surface area contributed by atoms with Gasteiger partial charge in [0.1, 0.15) is 6.17 Å². The van der Waals surface area contributed by atoms with Crippen LogP contribution in [0.15, 0.2) is 72.1 Å². The number of thiazole rings is 1. The van der Waals surface area contributed by atoms with Crippen LogP contribution in [0.1, 0.15) is 26.4 Å². The lowest BCUT2D eigenvalue weighted by molar-refractivity contribution is 0.0970. The van der Waals surface area contributed by atoms with Gasteiger partial charge < -0.3 is 4.90 Å². The molecule has 3 heterocycles. The van der Waals surface area contributed by atoms with Gasteiger partial charge in [-0.15, -0.1) is 22.7 Å². The maximum absolute atomic E-state index is 13.5. The molecule has 0 unspecified atom stereocenters. The topological polar surface area (TPSA) is 36.4 Å². The summed E-state index contributed by atoms with van der Waals surface area (Å²) in [7, 11) is 2.05. The highest BCUT2D eigenvalue weighted by Crippen LogP contribution is 2.43. The normalized spacial score (nSPS) is 16.2. The fourth-order valence-electron chi connectivity index (χ4n) is 3.78. The number of hydrogen-bond donors (Lipinski definition) is 0. The molecule has 0 spiro atoms. The predicted molar refractivity (Wildman–Crippen MR) is 121 cm³/mol. The molecular weight excluding hydrogens is 398 g/mol. The number of carbonyl (C=O) groups excluding carboxylic acids is 1. The third kappa shape index (κ3) is 3.05. The van der Waals surface area contributed by atoms with E-state index in [-0.39, 0.29) is 12.1 Å². The lowest BCUT2D eigenvalue weighted by Crippen LogP contribution is -2.47. The van der Waals surface area contributed by atoms with Crippen LogP contribution < -0.4 is 9.80 Å². The van der Waals surface area contributed by atoms with Crippen LogP contribution in [0.4, 0.5) is 11.4 Å². The minimum Gasteiger partial charge on any atom is -0.349 e. The van der Waals surface area contributed by atoms with E-state index in [0.717, 1.165) is 37.4 Å². The zero-order chi connectivity index (χ0) is 20.0. The van der Waals surface area contributed by atoms with Crippen molar-refractivity contribution < 1.29 is 4.79 Å². The second kappa shape index (κ2) is 7.13. The quantitative estimate of drug-likeness (QED) is 0.412. The summed E-state index contributed by atoms with van der Waals surface area (Å²) >= 11 is 3.35. The Hall–Kier alpha value is -2.96. The van der Waals surface area contributed by atoms with Gasteiger partial charge in [-0.25, -0.2) is 4.98 Å². The fourth-order valence-corrected chi connectivity index (χ4v) is 5.57. The zero-order valence-corrected chi connectivity index (χ0v) is 17.7. The maximum Gasteiger partial charge on any atom is 0.262 e. The van der Waals surface area contributed by atoms with Crippen LogP contribution in [0.25, 0.3) is 10.6 Å². The number of aromatic nitrogens is 1. The summed E-state index contributed by atoms with van der Waals surface area (Å²) in [4.78, 5) is 24.5. The second-order valence-electron chi connectivity index (χ2n) is 6.97. The second-order valence-corrected chi connectivity index (χ2v) is 9.14. The molecule has 0 bridgehead atoms. The summed E-state index contributed by atoms with van der Waals surface area (Å²) in [5.41, 5.74) is 3.57. The third-order valence-corrected chi connectivity index (χ3v) is 7.05. The zero-order valence-electron chi connectivity index (χ0n) is 16.1. The van der Waals surface area contributed by atoms with Gasteiger partial charge in [0.2, 0.25) is 0 Å². The standard InChI is InChI=1S/C23H19N3OS2/c1-15-24-18(14-28-15)20-12-13-21(29-20)22-25(2)19-11-7-6-10-17(19)23(27)26(22)16-8-4-3-5-9-16/h3-14,22H,1-2H3/t22-/m0/s1. The Morgan fingerprint density at radius 2 is 1.72 bits per heavy atom. The molecule has 1 atom stereocenters. The van der Waals surface area contributed by atoms with E-state index in [1.165, 1.54) is 0 Å². The molecule has 6 heteroatoms. The summed E-state index contributed by atoms with van der Waals surface area (Å²) in [6.07, 6.45) is -0.210. The molecule has 0 aliphatic carbocycles. The summed E-state index contributed by atoms with van der Waals surface area (Å²) < 4.78 is 0. The Bertz CT molecular complexity index is 1180. The molecule has 1 aliphatic rings. The molecule has 0 saturated carbocycles. The van der Waals surface area contributed by atoms with Crippen molar-refractivity contribution >= 4 is 40.0 Å². The molecule has 0 saturated heterocycles. The average molecular weight is 418 g/mol. The van der Waals surface area contributed by atoms with Gasteiger partial charge in [-0.3, -0.25) is 9.69 Å². The Morgan fingerprint density at radius 3 is 2.48 bits per heavy atom. The van der Waals surface area contributed by atoms with Gasteiger partial charge in [0.15, 0.2) is 0 Å². The molecule has 4 aromatic rings. The molecule has 0 N–H and O–H groups in total. The molecule has 4 nitrogen and oxygen atoms in total. The Labute approximate surface area is 177 Å². The van der Waals surface area contributed by atoms with Crippen LogP contribution >= 0.6 is 22.7 Å². The first-order chi connectivity index (χ1) is 14.1. The van der Waals surface area contributed by atoms with Crippen molar-refractivity contribution in [2.45, 2.75) is 13.1 Å². The highest BCUT2D eigenvalue weighted by Gasteiger charge is 2.38. The SMILES string of the molecule is Cc1nc(-c2ccc([C@H]3N(C)c4ccccc4C(=O)N3c3ccccc3)s2)cs1. The van der Waals surface area contributed by atoms with Gasteiger partial charge in [0, 0.05) is 23.0 Å². The minimum atomic E-state index is -0.210. The van der Waals surface area contributed by atoms with E-state index in [0.29, 0.717) is 0 Å². The van der Waals surface area contributed by atoms with Gasteiger partial charge in [0.05, 0.1) is 26.8 Å². The van der Waals surface area contributed by atoms with E-state index < -0.39 is 0 Å². The predicted octanol–water partition coefficient (Wildman–Crippen LogP) is 5.98. The number of hydrogen-bond acceptors (Lipinski definition) is 5. The highest BCUT2D eigenvalue weighted by atomic mass is 32.1. The number of anilines is 2. The van der Waals surface area contributed by atoms with Gasteiger partial charge in [0.25, 0.3) is 5.91 Å². The number of thiophene rings is 1. The first-order valence-corrected chi connectivity index (χ1v) is 11.1. The molecular formula is C23H19N3OS2. The molecule has 0 fully saturated rings. The highest BCUT2D eigenvalue weighted by molar-refractivity contribution is 7.16. The number of carbonyl (C=O) groups is 1. The Kier molecular flexibility index (Phi) is 4.45. The van der Waals surface area contributed by atoms with Crippen LogP contribution in [-0.2, 0) is 0 Å². The lowest BCUT2D eigenvalue weighted by Gasteiger charge is -2.43. The number of rotatable bonds is 3. The van der Waals surface area contributed by atoms with Crippen LogP contribution in [0, 0.1) is 6.92 Å². The van der Waals surface area contributed by atoms with Gasteiger partial charge in [-0.05, 0) is 43.3 Å². The monoisotopic (exact) mass is 417 g/mol. The molecule has 0 radical (unpaired) electrons. The van der Waals surface area contributed by atoms with Gasteiger partial charge in [-0.1, -0.05) is 30.3 Å². The Morgan fingerprint density at radius 1 is 0.966 bits per heavy atom. The van der Waals surface area contributed by atoms with Crippen molar-refractivity contribution in [2.24, 2.45) is 0 Å². The largest absolute Gasteiger partial charge is 0.349 e. The number of nitrogens with zero attached hydrogens (tertiary/aromatic N) is 3. The summed E-state index contributed by atoms with van der Waals surface area (Å²) in [5.74, 6) is 0.0225. The van der Waals surface area contributed by atoms with Crippen molar-refractivity contribution in [1.29, 1.82) is 0 Å². The van der Waals surface area contributed by atoms with Crippen molar-refractivity contribution in [2.75, 3.05) is 16.8 Å². The van der Waals surface area contributed by atoms with E-state index in [9.17, 15) is 4.79 Å². The van der Waals surface area contributed by atoms with E-state index in [2.05, 4.69) is 34.4 Å². The van der Waals surface area contributed by atoms with Crippen LogP contribution in [0.2, 0.25) is 0 Å². The molecule has 1 amide bonds. The number of para-hydroxylation sites is 2. The summed E-state index contributed by atoms with van der Waals surface area (Å²) in [5, 5.41) is 3.14. The smallest absolute Gasteiger partial charge is 0.262 e. The first-order valence-electron chi connectivity index (χ1n) is 9.36. The molecule has 2 aromatic heterocycles.